The first-order chi connectivity index (χ1) is 6.46. The molecule has 1 aliphatic rings. The van der Waals surface area contributed by atoms with Gasteiger partial charge in [-0.3, -0.25) is 4.79 Å². The van der Waals surface area contributed by atoms with Gasteiger partial charge in [0.1, 0.15) is 0 Å². The molecule has 0 bridgehead atoms. The van der Waals surface area contributed by atoms with Crippen molar-refractivity contribution in [3.05, 3.63) is 0 Å². The number of halogens is 2. The molecule has 0 aromatic carbocycles. The minimum atomic E-state index is -2.99. The predicted molar refractivity (Wildman–Crippen MR) is 48.9 cm³/mol. The Bertz CT molecular complexity index is 217. The Labute approximate surface area is 82.0 Å². The standard InChI is InChI=1S/C9H16F2N2O/c1-6(7-2-3-7)8(14)13-5-9(10,11)4-12/h6-7H,2-5,12H2,1H3,(H,13,14). The Morgan fingerprint density at radius 3 is 2.64 bits per heavy atom. The Morgan fingerprint density at radius 2 is 2.21 bits per heavy atom. The molecular weight excluding hydrogens is 190 g/mol. The Balaban J connectivity index is 2.26. The third kappa shape index (κ3) is 3.21. The van der Waals surface area contributed by atoms with E-state index in [0.29, 0.717) is 5.92 Å². The number of amides is 1. The Morgan fingerprint density at radius 1 is 1.64 bits per heavy atom. The molecule has 3 N–H and O–H groups in total. The minimum Gasteiger partial charge on any atom is -0.350 e. The molecule has 0 aromatic rings. The summed E-state index contributed by atoms with van der Waals surface area (Å²) in [6.45, 7) is 0.387. The van der Waals surface area contributed by atoms with E-state index in [1.54, 1.807) is 6.92 Å². The summed E-state index contributed by atoms with van der Waals surface area (Å²) in [4.78, 5) is 11.3. The van der Waals surface area contributed by atoms with E-state index in [2.05, 4.69) is 5.32 Å². The van der Waals surface area contributed by atoms with E-state index in [-0.39, 0.29) is 11.8 Å². The second-order valence-electron chi connectivity index (χ2n) is 3.90. The van der Waals surface area contributed by atoms with Crippen molar-refractivity contribution in [2.75, 3.05) is 13.1 Å². The van der Waals surface area contributed by atoms with Gasteiger partial charge >= 0.3 is 0 Å². The lowest BCUT2D eigenvalue weighted by molar-refractivity contribution is -0.126. The first kappa shape index (κ1) is 11.4. The van der Waals surface area contributed by atoms with Gasteiger partial charge in [-0.1, -0.05) is 6.92 Å². The number of hydrogen-bond donors (Lipinski definition) is 2. The summed E-state index contributed by atoms with van der Waals surface area (Å²) in [6, 6.07) is 0. The summed E-state index contributed by atoms with van der Waals surface area (Å²) < 4.78 is 25.3. The number of alkyl halides is 2. The molecule has 0 spiro atoms. The van der Waals surface area contributed by atoms with Gasteiger partial charge in [-0.2, -0.15) is 0 Å². The van der Waals surface area contributed by atoms with Crippen molar-refractivity contribution in [2.45, 2.75) is 25.7 Å². The summed E-state index contributed by atoms with van der Waals surface area (Å²) in [5, 5.41) is 2.23. The van der Waals surface area contributed by atoms with Gasteiger partial charge in [-0.15, -0.1) is 0 Å². The van der Waals surface area contributed by atoms with Crippen LogP contribution < -0.4 is 11.1 Å². The first-order valence-electron chi connectivity index (χ1n) is 4.82. The monoisotopic (exact) mass is 206 g/mol. The van der Waals surface area contributed by atoms with E-state index in [1.807, 2.05) is 0 Å². The normalized spacial score (nSPS) is 19.1. The van der Waals surface area contributed by atoms with Crippen molar-refractivity contribution >= 4 is 5.91 Å². The molecule has 1 unspecified atom stereocenters. The van der Waals surface area contributed by atoms with Crippen LogP contribution in [0.5, 0.6) is 0 Å². The van der Waals surface area contributed by atoms with Crippen LogP contribution in [0, 0.1) is 11.8 Å². The lowest BCUT2D eigenvalue weighted by Gasteiger charge is -2.16. The average Bonchev–Trinajstić information content (AvgIpc) is 2.96. The van der Waals surface area contributed by atoms with Gasteiger partial charge in [0.15, 0.2) is 0 Å². The van der Waals surface area contributed by atoms with Crippen LogP contribution in [0.4, 0.5) is 8.78 Å². The highest BCUT2D eigenvalue weighted by molar-refractivity contribution is 5.78. The summed E-state index contributed by atoms with van der Waals surface area (Å²) in [5.41, 5.74) is 4.84. The first-order valence-corrected chi connectivity index (χ1v) is 4.82. The lowest BCUT2D eigenvalue weighted by atomic mass is 10.1. The van der Waals surface area contributed by atoms with Crippen molar-refractivity contribution in [1.82, 2.24) is 5.32 Å². The molecule has 5 heteroatoms. The number of carbonyl (C=O) groups excluding carboxylic acids is 1. The van der Waals surface area contributed by atoms with Gasteiger partial charge in [0, 0.05) is 5.92 Å². The molecule has 1 saturated carbocycles. The molecule has 1 aliphatic carbocycles. The average molecular weight is 206 g/mol. The summed E-state index contributed by atoms with van der Waals surface area (Å²) in [6.07, 6.45) is 2.06. The van der Waals surface area contributed by atoms with Gasteiger partial charge in [0.2, 0.25) is 5.91 Å². The van der Waals surface area contributed by atoms with E-state index in [1.165, 1.54) is 0 Å². The van der Waals surface area contributed by atoms with Crippen molar-refractivity contribution in [3.8, 4) is 0 Å². The maximum absolute atomic E-state index is 12.7. The fraction of sp³-hybridized carbons (Fsp3) is 0.889. The highest BCUT2D eigenvalue weighted by atomic mass is 19.3. The molecule has 1 amide bonds. The minimum absolute atomic E-state index is 0.149. The molecule has 1 rings (SSSR count). The molecular formula is C9H16F2N2O. The van der Waals surface area contributed by atoms with E-state index in [4.69, 9.17) is 5.73 Å². The van der Waals surface area contributed by atoms with Gasteiger partial charge in [0.25, 0.3) is 5.92 Å². The number of nitrogens with two attached hydrogens (primary N) is 1. The molecule has 3 nitrogen and oxygen atoms in total. The zero-order valence-electron chi connectivity index (χ0n) is 8.22. The molecule has 0 radical (unpaired) electrons. The van der Waals surface area contributed by atoms with Crippen molar-refractivity contribution < 1.29 is 13.6 Å². The molecule has 0 aromatic heterocycles. The molecule has 82 valence electrons. The Kier molecular flexibility index (Phi) is 3.42. The zero-order chi connectivity index (χ0) is 10.8. The van der Waals surface area contributed by atoms with Crippen LogP contribution in [-0.2, 0) is 4.79 Å². The van der Waals surface area contributed by atoms with E-state index >= 15 is 0 Å². The van der Waals surface area contributed by atoms with E-state index in [0.717, 1.165) is 12.8 Å². The number of nitrogens with one attached hydrogen (secondary N) is 1. The van der Waals surface area contributed by atoms with Crippen LogP contribution in [-0.4, -0.2) is 24.9 Å². The van der Waals surface area contributed by atoms with Crippen LogP contribution in [0.1, 0.15) is 19.8 Å². The van der Waals surface area contributed by atoms with E-state index in [9.17, 15) is 13.6 Å². The van der Waals surface area contributed by atoms with Crippen molar-refractivity contribution in [1.29, 1.82) is 0 Å². The van der Waals surface area contributed by atoms with Gasteiger partial charge in [0.05, 0.1) is 13.1 Å². The topological polar surface area (TPSA) is 55.1 Å². The number of rotatable bonds is 5. The quantitative estimate of drug-likeness (QED) is 0.697. The smallest absolute Gasteiger partial charge is 0.277 e. The molecule has 1 atom stereocenters. The van der Waals surface area contributed by atoms with Crippen LogP contribution in [0.15, 0.2) is 0 Å². The second kappa shape index (κ2) is 4.21. The summed E-state index contributed by atoms with van der Waals surface area (Å²) >= 11 is 0. The fourth-order valence-corrected chi connectivity index (χ4v) is 1.26. The van der Waals surface area contributed by atoms with Crippen LogP contribution in [0.25, 0.3) is 0 Å². The highest BCUT2D eigenvalue weighted by Crippen LogP contribution is 2.36. The van der Waals surface area contributed by atoms with Crippen LogP contribution in [0.2, 0.25) is 0 Å². The van der Waals surface area contributed by atoms with Gasteiger partial charge in [-0.05, 0) is 18.8 Å². The largest absolute Gasteiger partial charge is 0.350 e. The molecule has 0 saturated heterocycles. The predicted octanol–water partition coefficient (Wildman–Crippen LogP) is 0.743. The maximum Gasteiger partial charge on any atom is 0.277 e. The van der Waals surface area contributed by atoms with Gasteiger partial charge < -0.3 is 11.1 Å². The number of hydrogen-bond acceptors (Lipinski definition) is 2. The fourth-order valence-electron chi connectivity index (χ4n) is 1.26. The van der Waals surface area contributed by atoms with Gasteiger partial charge in [-0.25, -0.2) is 8.78 Å². The molecule has 0 aliphatic heterocycles. The number of carbonyl (C=O) groups is 1. The lowest BCUT2D eigenvalue weighted by Crippen LogP contribution is -2.43. The molecule has 14 heavy (non-hydrogen) atoms. The van der Waals surface area contributed by atoms with Crippen molar-refractivity contribution in [3.63, 3.8) is 0 Å². The summed E-state index contributed by atoms with van der Waals surface area (Å²) in [5.74, 6) is -3.04. The summed E-state index contributed by atoms with van der Waals surface area (Å²) in [7, 11) is 0. The Hall–Kier alpha value is -0.710. The zero-order valence-corrected chi connectivity index (χ0v) is 8.22. The van der Waals surface area contributed by atoms with E-state index < -0.39 is 19.0 Å². The molecule has 0 heterocycles. The maximum atomic E-state index is 12.7. The second-order valence-corrected chi connectivity index (χ2v) is 3.90. The third-order valence-corrected chi connectivity index (χ3v) is 2.56. The third-order valence-electron chi connectivity index (χ3n) is 2.56. The van der Waals surface area contributed by atoms with Crippen LogP contribution >= 0.6 is 0 Å². The molecule has 1 fully saturated rings. The van der Waals surface area contributed by atoms with Crippen LogP contribution in [0.3, 0.4) is 0 Å². The van der Waals surface area contributed by atoms with Crippen molar-refractivity contribution in [2.24, 2.45) is 17.6 Å². The highest BCUT2D eigenvalue weighted by Gasteiger charge is 2.34. The SMILES string of the molecule is CC(C(=O)NCC(F)(F)CN)C1CC1.